The fourth-order valence-electron chi connectivity index (χ4n) is 2.85. The Bertz CT molecular complexity index is 1160. The molecular weight excluding hydrogens is 316 g/mol. The average Bonchev–Trinajstić information content (AvgIpc) is 3.30. The van der Waals surface area contributed by atoms with E-state index in [1.54, 1.807) is 41.7 Å². The Kier molecular flexibility index (Phi) is 2.96. The number of hydrogen-bond acceptors (Lipinski definition) is 6. The van der Waals surface area contributed by atoms with Gasteiger partial charge in [-0.1, -0.05) is 0 Å². The molecule has 0 saturated carbocycles. The normalized spacial score (nSPS) is 11.2. The van der Waals surface area contributed by atoms with Crippen molar-refractivity contribution >= 4 is 33.8 Å². The van der Waals surface area contributed by atoms with Crippen molar-refractivity contribution in [2.75, 3.05) is 4.90 Å². The molecule has 7 nitrogen and oxygen atoms in total. The van der Waals surface area contributed by atoms with Crippen molar-refractivity contribution in [3.63, 3.8) is 0 Å². The van der Waals surface area contributed by atoms with Gasteiger partial charge in [0.25, 0.3) is 0 Å². The van der Waals surface area contributed by atoms with E-state index in [1.165, 1.54) is 0 Å². The first-order chi connectivity index (χ1) is 12.4. The van der Waals surface area contributed by atoms with Crippen LogP contribution < -0.4 is 4.90 Å². The van der Waals surface area contributed by atoms with Gasteiger partial charge in [0.05, 0.1) is 23.8 Å². The highest BCUT2D eigenvalue weighted by Crippen LogP contribution is 2.35. The molecular formula is C18H12N6O. The topological polar surface area (TPSA) is 72.4 Å². The van der Waals surface area contributed by atoms with E-state index in [-0.39, 0.29) is 0 Å². The number of nitrogens with zero attached hydrogens (tertiary/aromatic N) is 6. The van der Waals surface area contributed by atoms with Crippen LogP contribution in [0.15, 0.2) is 77.9 Å². The van der Waals surface area contributed by atoms with Crippen LogP contribution in [0.2, 0.25) is 0 Å². The monoisotopic (exact) mass is 328 g/mol. The summed E-state index contributed by atoms with van der Waals surface area (Å²) in [6.45, 7) is 0. The second-order valence-electron chi connectivity index (χ2n) is 5.46. The van der Waals surface area contributed by atoms with Gasteiger partial charge >= 0.3 is 0 Å². The number of aromatic nitrogens is 5. The summed E-state index contributed by atoms with van der Waals surface area (Å²) >= 11 is 0. The minimum Gasteiger partial charge on any atom is -0.464 e. The first-order valence-electron chi connectivity index (χ1n) is 7.73. The van der Waals surface area contributed by atoms with Crippen molar-refractivity contribution in [3.8, 4) is 0 Å². The summed E-state index contributed by atoms with van der Waals surface area (Å²) in [6, 6.07) is 13.5. The number of furan rings is 1. The molecule has 120 valence electrons. The lowest BCUT2D eigenvalue weighted by Gasteiger charge is -2.21. The standard InChI is InChI=1S/C18H12N6O/c1-3-15-16(12-22-24(15)21-9-1)23(18-19-7-2-8-20-18)14-4-5-17-13(11-14)6-10-25-17/h1-12H. The van der Waals surface area contributed by atoms with E-state index in [1.807, 2.05) is 41.3 Å². The molecule has 0 spiro atoms. The summed E-state index contributed by atoms with van der Waals surface area (Å²) in [7, 11) is 0. The second-order valence-corrected chi connectivity index (χ2v) is 5.46. The highest BCUT2D eigenvalue weighted by atomic mass is 16.3. The number of hydrogen-bond donors (Lipinski definition) is 0. The summed E-state index contributed by atoms with van der Waals surface area (Å²) < 4.78 is 7.03. The molecule has 4 heterocycles. The molecule has 7 heteroatoms. The average molecular weight is 328 g/mol. The van der Waals surface area contributed by atoms with Crippen molar-refractivity contribution in [2.45, 2.75) is 0 Å². The van der Waals surface area contributed by atoms with Crippen LogP contribution in [0.25, 0.3) is 16.5 Å². The lowest BCUT2D eigenvalue weighted by Crippen LogP contribution is -2.12. The minimum absolute atomic E-state index is 0.559. The van der Waals surface area contributed by atoms with Gasteiger partial charge in [-0.25, -0.2) is 9.97 Å². The van der Waals surface area contributed by atoms with Crippen molar-refractivity contribution in [1.82, 2.24) is 24.8 Å². The van der Waals surface area contributed by atoms with Gasteiger partial charge in [0, 0.05) is 24.0 Å². The maximum atomic E-state index is 5.44. The molecule has 0 amide bonds. The maximum Gasteiger partial charge on any atom is 0.234 e. The second kappa shape index (κ2) is 5.41. The van der Waals surface area contributed by atoms with Crippen LogP contribution in [0, 0.1) is 0 Å². The zero-order valence-electron chi connectivity index (χ0n) is 13.0. The molecule has 0 bridgehead atoms. The Morgan fingerprint density at radius 3 is 2.76 bits per heavy atom. The van der Waals surface area contributed by atoms with Gasteiger partial charge in [-0.2, -0.15) is 10.2 Å². The lowest BCUT2D eigenvalue weighted by molar-refractivity contribution is 0.616. The molecule has 0 saturated heterocycles. The first-order valence-corrected chi connectivity index (χ1v) is 7.73. The fourth-order valence-corrected chi connectivity index (χ4v) is 2.85. The van der Waals surface area contributed by atoms with Gasteiger partial charge in [0.1, 0.15) is 11.1 Å². The molecule has 0 N–H and O–H groups in total. The lowest BCUT2D eigenvalue weighted by atomic mass is 10.2. The largest absolute Gasteiger partial charge is 0.464 e. The molecule has 5 rings (SSSR count). The van der Waals surface area contributed by atoms with Crippen molar-refractivity contribution in [1.29, 1.82) is 0 Å². The zero-order chi connectivity index (χ0) is 16.6. The molecule has 1 aromatic carbocycles. The third-order valence-electron chi connectivity index (χ3n) is 3.97. The van der Waals surface area contributed by atoms with Gasteiger partial charge < -0.3 is 4.42 Å². The summed E-state index contributed by atoms with van der Waals surface area (Å²) in [6.07, 6.45) is 8.57. The van der Waals surface area contributed by atoms with E-state index < -0.39 is 0 Å². The number of anilines is 3. The van der Waals surface area contributed by atoms with Crippen LogP contribution in [0.4, 0.5) is 17.3 Å². The summed E-state index contributed by atoms with van der Waals surface area (Å²) in [5, 5.41) is 9.58. The van der Waals surface area contributed by atoms with Crippen LogP contribution in [0.1, 0.15) is 0 Å². The SMILES string of the molecule is c1cnc(N(c2ccc3occc3c2)c2cnn3ncccc23)nc1. The maximum absolute atomic E-state index is 5.44. The van der Waals surface area contributed by atoms with Crippen LogP contribution >= 0.6 is 0 Å². The molecule has 0 aliphatic heterocycles. The Morgan fingerprint density at radius 1 is 0.920 bits per heavy atom. The van der Waals surface area contributed by atoms with Crippen molar-refractivity contribution in [2.24, 2.45) is 0 Å². The molecule has 0 unspecified atom stereocenters. The van der Waals surface area contributed by atoms with Crippen molar-refractivity contribution < 1.29 is 4.42 Å². The Morgan fingerprint density at radius 2 is 1.84 bits per heavy atom. The van der Waals surface area contributed by atoms with E-state index in [0.717, 1.165) is 27.9 Å². The van der Waals surface area contributed by atoms with Crippen LogP contribution in [0.3, 0.4) is 0 Å². The molecule has 25 heavy (non-hydrogen) atoms. The smallest absolute Gasteiger partial charge is 0.234 e. The highest BCUT2D eigenvalue weighted by Gasteiger charge is 2.19. The molecule has 5 aromatic rings. The van der Waals surface area contributed by atoms with E-state index in [0.29, 0.717) is 5.95 Å². The predicted octanol–water partition coefficient (Wildman–Crippen LogP) is 3.74. The molecule has 0 aliphatic rings. The summed E-state index contributed by atoms with van der Waals surface area (Å²) in [4.78, 5) is 10.8. The highest BCUT2D eigenvalue weighted by molar-refractivity contribution is 5.88. The Hall–Kier alpha value is -3.74. The van der Waals surface area contributed by atoms with Gasteiger partial charge in [0.2, 0.25) is 5.95 Å². The third-order valence-corrected chi connectivity index (χ3v) is 3.97. The van der Waals surface area contributed by atoms with Gasteiger partial charge in [-0.3, -0.25) is 4.90 Å². The number of rotatable bonds is 3. The number of benzene rings is 1. The minimum atomic E-state index is 0.559. The molecule has 0 atom stereocenters. The van der Waals surface area contributed by atoms with E-state index in [2.05, 4.69) is 20.2 Å². The predicted molar refractivity (Wildman–Crippen MR) is 93.0 cm³/mol. The molecule has 0 aliphatic carbocycles. The molecule has 0 fully saturated rings. The number of fused-ring (bicyclic) bond motifs is 2. The summed E-state index contributed by atoms with van der Waals surface area (Å²) in [5.41, 5.74) is 3.46. The fraction of sp³-hybridized carbons (Fsp3) is 0. The summed E-state index contributed by atoms with van der Waals surface area (Å²) in [5.74, 6) is 0.559. The quantitative estimate of drug-likeness (QED) is 0.502. The van der Waals surface area contributed by atoms with Gasteiger partial charge in [0.15, 0.2) is 0 Å². The van der Waals surface area contributed by atoms with Gasteiger partial charge in [-0.05, 0) is 42.5 Å². The Balaban J connectivity index is 1.76. The van der Waals surface area contributed by atoms with E-state index in [9.17, 15) is 0 Å². The van der Waals surface area contributed by atoms with E-state index >= 15 is 0 Å². The Labute approximate surface area is 142 Å². The molecule has 4 aromatic heterocycles. The molecule has 0 radical (unpaired) electrons. The zero-order valence-corrected chi connectivity index (χ0v) is 13.0. The first kappa shape index (κ1) is 13.7. The van der Waals surface area contributed by atoms with Crippen LogP contribution in [-0.2, 0) is 0 Å². The van der Waals surface area contributed by atoms with Crippen LogP contribution in [-0.4, -0.2) is 24.8 Å². The van der Waals surface area contributed by atoms with Crippen molar-refractivity contribution in [3.05, 3.63) is 73.5 Å². The van der Waals surface area contributed by atoms with Gasteiger partial charge in [-0.15, -0.1) is 4.63 Å². The van der Waals surface area contributed by atoms with Crippen LogP contribution in [0.5, 0.6) is 0 Å². The van der Waals surface area contributed by atoms with E-state index in [4.69, 9.17) is 4.42 Å². The third kappa shape index (κ3) is 2.21.